The van der Waals surface area contributed by atoms with E-state index in [0.717, 1.165) is 10.4 Å². The van der Waals surface area contributed by atoms with Crippen LogP contribution >= 0.6 is 11.3 Å². The maximum Gasteiger partial charge on any atom is 0.300 e. The van der Waals surface area contributed by atoms with Crippen molar-refractivity contribution < 1.29 is 24.5 Å². The molecule has 0 aliphatic carbocycles. The predicted octanol–water partition coefficient (Wildman–Crippen LogP) is 5.42. The Kier molecular flexibility index (Phi) is 6.24. The molecule has 0 spiro atoms. The number of aromatic hydroxyl groups is 1. The number of carbonyl (C=O) groups excluding carboxylic acids is 2. The third kappa shape index (κ3) is 4.24. The lowest BCUT2D eigenvalue weighted by molar-refractivity contribution is -0.132. The topological polar surface area (TPSA) is 87.1 Å². The maximum absolute atomic E-state index is 13.2. The van der Waals surface area contributed by atoms with Crippen molar-refractivity contribution in [2.45, 2.75) is 26.8 Å². The molecule has 1 atom stereocenters. The van der Waals surface area contributed by atoms with Gasteiger partial charge in [-0.2, -0.15) is 0 Å². The highest BCUT2D eigenvalue weighted by Crippen LogP contribution is 2.46. The molecule has 3 aromatic rings. The van der Waals surface area contributed by atoms with E-state index in [9.17, 15) is 19.8 Å². The molecule has 2 aromatic carbocycles. The number of aryl methyl sites for hydroxylation is 1. The zero-order valence-corrected chi connectivity index (χ0v) is 19.4. The molecule has 2 heterocycles. The van der Waals surface area contributed by atoms with E-state index in [4.69, 9.17) is 4.74 Å². The average molecular weight is 464 g/mol. The summed E-state index contributed by atoms with van der Waals surface area (Å²) >= 11 is 1.39. The lowest BCUT2D eigenvalue weighted by Gasteiger charge is -2.25. The third-order valence-corrected chi connectivity index (χ3v) is 6.52. The number of thiophene rings is 1. The molecule has 1 saturated heterocycles. The standard InChI is InChI=1S/C26H25NO5S/c1-15(2)14-32-18-10-8-17(9-11-18)23(29)21-22(25-16(3)12-13-33-25)27(26(31)24(21)30)19-6-4-5-7-20(19)28/h4-13,15,22,28-29H,14H2,1-3H3/b23-21-. The van der Waals surface area contributed by atoms with Gasteiger partial charge in [0, 0.05) is 10.4 Å². The van der Waals surface area contributed by atoms with E-state index in [1.165, 1.54) is 22.3 Å². The zero-order valence-electron chi connectivity index (χ0n) is 18.6. The Labute approximate surface area is 196 Å². The molecule has 33 heavy (non-hydrogen) atoms. The van der Waals surface area contributed by atoms with Gasteiger partial charge in [-0.1, -0.05) is 26.0 Å². The van der Waals surface area contributed by atoms with Crippen molar-refractivity contribution in [2.75, 3.05) is 11.5 Å². The van der Waals surface area contributed by atoms with Crippen molar-refractivity contribution in [3.63, 3.8) is 0 Å². The summed E-state index contributed by atoms with van der Waals surface area (Å²) in [6, 6.07) is 14.2. The van der Waals surface area contributed by atoms with Gasteiger partial charge in [0.1, 0.15) is 23.3 Å². The van der Waals surface area contributed by atoms with Gasteiger partial charge in [-0.05, 0) is 66.2 Å². The highest BCUT2D eigenvalue weighted by atomic mass is 32.1. The van der Waals surface area contributed by atoms with Gasteiger partial charge in [0.25, 0.3) is 11.7 Å². The summed E-state index contributed by atoms with van der Waals surface area (Å²) in [7, 11) is 0. The molecule has 170 valence electrons. The Bertz CT molecular complexity index is 1230. The molecule has 1 fully saturated rings. The lowest BCUT2D eigenvalue weighted by Crippen LogP contribution is -2.29. The van der Waals surface area contributed by atoms with Gasteiger partial charge in [-0.3, -0.25) is 14.5 Å². The molecular weight excluding hydrogens is 438 g/mol. The van der Waals surface area contributed by atoms with Crippen LogP contribution in [0.2, 0.25) is 0 Å². The van der Waals surface area contributed by atoms with Crippen LogP contribution in [0.4, 0.5) is 5.69 Å². The number of para-hydroxylation sites is 2. The van der Waals surface area contributed by atoms with Gasteiger partial charge < -0.3 is 14.9 Å². The number of rotatable bonds is 6. The second-order valence-corrected chi connectivity index (χ2v) is 9.30. The van der Waals surface area contributed by atoms with Crippen LogP contribution in [0.5, 0.6) is 11.5 Å². The minimum atomic E-state index is -0.852. The second-order valence-electron chi connectivity index (χ2n) is 8.35. The Morgan fingerprint density at radius 1 is 1.09 bits per heavy atom. The summed E-state index contributed by atoms with van der Waals surface area (Å²) < 4.78 is 5.70. The molecule has 1 aliphatic heterocycles. The lowest BCUT2D eigenvalue weighted by atomic mass is 9.98. The largest absolute Gasteiger partial charge is 0.507 e. The summed E-state index contributed by atoms with van der Waals surface area (Å²) in [6.07, 6.45) is 0. The molecule has 7 heteroatoms. The molecule has 0 radical (unpaired) electrons. The first-order valence-electron chi connectivity index (χ1n) is 10.7. The van der Waals surface area contributed by atoms with Gasteiger partial charge in [-0.15, -0.1) is 11.3 Å². The maximum atomic E-state index is 13.2. The van der Waals surface area contributed by atoms with E-state index in [0.29, 0.717) is 23.8 Å². The number of nitrogens with zero attached hydrogens (tertiary/aromatic N) is 1. The number of amides is 1. The van der Waals surface area contributed by atoms with Crippen LogP contribution in [-0.2, 0) is 9.59 Å². The molecular formula is C26H25NO5S. The number of aliphatic hydroxyl groups excluding tert-OH is 1. The molecule has 0 saturated carbocycles. The van der Waals surface area contributed by atoms with Gasteiger partial charge in [-0.25, -0.2) is 0 Å². The number of ketones is 1. The van der Waals surface area contributed by atoms with Crippen molar-refractivity contribution in [3.05, 3.63) is 81.6 Å². The van der Waals surface area contributed by atoms with Crippen LogP contribution < -0.4 is 9.64 Å². The number of carbonyl (C=O) groups is 2. The number of hydrogen-bond donors (Lipinski definition) is 2. The zero-order chi connectivity index (χ0) is 23.7. The van der Waals surface area contributed by atoms with Crippen LogP contribution in [0.1, 0.15) is 35.9 Å². The Morgan fingerprint density at radius 3 is 2.39 bits per heavy atom. The van der Waals surface area contributed by atoms with E-state index >= 15 is 0 Å². The SMILES string of the molecule is Cc1ccsc1C1/C(=C(/O)c2ccc(OCC(C)C)cc2)C(=O)C(=O)N1c1ccccc1O. The average Bonchev–Trinajstić information content (AvgIpc) is 3.33. The number of benzene rings is 2. The molecule has 2 N–H and O–H groups in total. The minimum absolute atomic E-state index is 0.00958. The molecule has 4 rings (SSSR count). The normalized spacial score (nSPS) is 17.7. The summed E-state index contributed by atoms with van der Waals surface area (Å²) in [4.78, 5) is 28.3. The fraction of sp³-hybridized carbons (Fsp3) is 0.231. The van der Waals surface area contributed by atoms with Crippen LogP contribution in [-0.4, -0.2) is 28.5 Å². The number of ether oxygens (including phenoxy) is 1. The molecule has 1 unspecified atom stereocenters. The number of phenols is 1. The quantitative estimate of drug-likeness (QED) is 0.289. The fourth-order valence-corrected chi connectivity index (χ4v) is 4.81. The monoisotopic (exact) mass is 463 g/mol. The van der Waals surface area contributed by atoms with E-state index < -0.39 is 17.7 Å². The first kappa shape index (κ1) is 22.6. The van der Waals surface area contributed by atoms with E-state index in [1.54, 1.807) is 42.5 Å². The summed E-state index contributed by atoms with van der Waals surface area (Å²) in [5.41, 5.74) is 1.50. The van der Waals surface area contributed by atoms with Crippen molar-refractivity contribution >= 4 is 34.5 Å². The van der Waals surface area contributed by atoms with E-state index in [-0.39, 0.29) is 22.8 Å². The molecule has 1 aromatic heterocycles. The summed E-state index contributed by atoms with van der Waals surface area (Å²) in [5.74, 6) is -0.954. The minimum Gasteiger partial charge on any atom is -0.507 e. The van der Waals surface area contributed by atoms with Crippen LogP contribution in [0.3, 0.4) is 0 Å². The van der Waals surface area contributed by atoms with Gasteiger partial charge in [0.05, 0.1) is 17.9 Å². The first-order chi connectivity index (χ1) is 15.8. The van der Waals surface area contributed by atoms with Crippen molar-refractivity contribution in [1.82, 2.24) is 0 Å². The Balaban J connectivity index is 1.83. The fourth-order valence-electron chi connectivity index (χ4n) is 3.79. The number of phenolic OH excluding ortho intramolecular Hbond substituents is 1. The second kappa shape index (κ2) is 9.11. The molecule has 6 nitrogen and oxygen atoms in total. The smallest absolute Gasteiger partial charge is 0.300 e. The Morgan fingerprint density at radius 2 is 1.79 bits per heavy atom. The molecule has 1 amide bonds. The van der Waals surface area contributed by atoms with Gasteiger partial charge in [0.2, 0.25) is 0 Å². The first-order valence-corrected chi connectivity index (χ1v) is 11.5. The third-order valence-electron chi connectivity index (χ3n) is 5.45. The van der Waals surface area contributed by atoms with E-state index in [2.05, 4.69) is 13.8 Å². The highest BCUT2D eigenvalue weighted by molar-refractivity contribution is 7.10. The Hall–Kier alpha value is -3.58. The van der Waals surface area contributed by atoms with Crippen LogP contribution in [0, 0.1) is 12.8 Å². The van der Waals surface area contributed by atoms with Crippen molar-refractivity contribution in [3.8, 4) is 11.5 Å². The molecule has 1 aliphatic rings. The number of hydrogen-bond acceptors (Lipinski definition) is 6. The predicted molar refractivity (Wildman–Crippen MR) is 129 cm³/mol. The summed E-state index contributed by atoms with van der Waals surface area (Å²) in [6.45, 7) is 6.55. The van der Waals surface area contributed by atoms with Gasteiger partial charge >= 0.3 is 0 Å². The van der Waals surface area contributed by atoms with Crippen molar-refractivity contribution in [1.29, 1.82) is 0 Å². The van der Waals surface area contributed by atoms with Crippen LogP contribution in [0.25, 0.3) is 5.76 Å². The molecule has 0 bridgehead atoms. The number of Topliss-reactive ketones (excluding diaryl/α,β-unsaturated/α-hetero) is 1. The van der Waals surface area contributed by atoms with Gasteiger partial charge in [0.15, 0.2) is 0 Å². The van der Waals surface area contributed by atoms with E-state index in [1.807, 2.05) is 18.4 Å². The summed E-state index contributed by atoms with van der Waals surface area (Å²) in [5, 5.41) is 23.5. The number of anilines is 1. The van der Waals surface area contributed by atoms with Crippen molar-refractivity contribution in [2.24, 2.45) is 5.92 Å². The van der Waals surface area contributed by atoms with Crippen LogP contribution in [0.15, 0.2) is 65.6 Å². The highest BCUT2D eigenvalue weighted by Gasteiger charge is 2.48. The number of aliphatic hydroxyl groups is 1.